The molecule has 4 heteroatoms. The average Bonchev–Trinajstić information content (AvgIpc) is 3.05. The molecule has 0 bridgehead atoms. The highest BCUT2D eigenvalue weighted by molar-refractivity contribution is 5.82. The van der Waals surface area contributed by atoms with Crippen LogP contribution in [-0.4, -0.2) is 25.7 Å². The Bertz CT molecular complexity index is 472. The lowest BCUT2D eigenvalue weighted by molar-refractivity contribution is -0.121. The van der Waals surface area contributed by atoms with Gasteiger partial charge in [-0.3, -0.25) is 4.79 Å². The van der Waals surface area contributed by atoms with Gasteiger partial charge in [0.1, 0.15) is 5.78 Å². The van der Waals surface area contributed by atoms with Crippen LogP contribution in [0.5, 0.6) is 11.5 Å². The first kappa shape index (κ1) is 11.4. The Labute approximate surface area is 106 Å². The highest BCUT2D eigenvalue weighted by Gasteiger charge is 2.28. The lowest BCUT2D eigenvalue weighted by Crippen LogP contribution is -2.22. The minimum absolute atomic E-state index is 0.195. The summed E-state index contributed by atoms with van der Waals surface area (Å²) in [5.74, 6) is 2.18. The Balaban J connectivity index is 1.75. The summed E-state index contributed by atoms with van der Waals surface area (Å²) in [5.41, 5.74) is 1.12. The number of ketones is 1. The monoisotopic (exact) mass is 247 g/mol. The molecule has 3 rings (SSSR count). The first-order valence-electron chi connectivity index (χ1n) is 6.45. The van der Waals surface area contributed by atoms with E-state index in [9.17, 15) is 4.79 Å². The van der Waals surface area contributed by atoms with Crippen LogP contribution < -0.4 is 14.4 Å². The van der Waals surface area contributed by atoms with Crippen LogP contribution in [0.4, 0.5) is 5.69 Å². The van der Waals surface area contributed by atoms with Gasteiger partial charge in [0.25, 0.3) is 0 Å². The van der Waals surface area contributed by atoms with Gasteiger partial charge in [-0.15, -0.1) is 0 Å². The molecule has 0 radical (unpaired) electrons. The van der Waals surface area contributed by atoms with Crippen molar-refractivity contribution in [3.8, 4) is 11.5 Å². The van der Waals surface area contributed by atoms with Gasteiger partial charge in [0.2, 0.25) is 6.79 Å². The molecule has 0 aromatic heterocycles. The third-order valence-corrected chi connectivity index (χ3v) is 3.71. The first-order chi connectivity index (χ1) is 8.78. The second-order valence-electron chi connectivity index (χ2n) is 4.79. The molecule has 1 fully saturated rings. The predicted molar refractivity (Wildman–Crippen MR) is 68.2 cm³/mol. The molecule has 2 heterocycles. The minimum atomic E-state index is 0.195. The van der Waals surface area contributed by atoms with E-state index in [1.807, 2.05) is 25.1 Å². The quantitative estimate of drug-likeness (QED) is 0.821. The van der Waals surface area contributed by atoms with Gasteiger partial charge in [-0.1, -0.05) is 6.92 Å². The molecule has 96 valence electrons. The summed E-state index contributed by atoms with van der Waals surface area (Å²) in [5, 5.41) is 0. The van der Waals surface area contributed by atoms with Gasteiger partial charge in [0.15, 0.2) is 11.5 Å². The molecule has 1 atom stereocenters. The molecule has 0 aliphatic carbocycles. The van der Waals surface area contributed by atoms with E-state index in [4.69, 9.17) is 9.47 Å². The first-order valence-corrected chi connectivity index (χ1v) is 6.45. The molecule has 0 saturated carbocycles. The maximum Gasteiger partial charge on any atom is 0.231 e. The van der Waals surface area contributed by atoms with Crippen LogP contribution in [0.15, 0.2) is 18.2 Å². The highest BCUT2D eigenvalue weighted by atomic mass is 16.7. The van der Waals surface area contributed by atoms with Crippen molar-refractivity contribution in [1.29, 1.82) is 0 Å². The Morgan fingerprint density at radius 3 is 3.06 bits per heavy atom. The number of rotatable bonds is 3. The minimum Gasteiger partial charge on any atom is -0.454 e. The smallest absolute Gasteiger partial charge is 0.231 e. The van der Waals surface area contributed by atoms with Crippen molar-refractivity contribution in [3.63, 3.8) is 0 Å². The fourth-order valence-corrected chi connectivity index (χ4v) is 2.63. The molecule has 0 N–H and O–H groups in total. The summed E-state index contributed by atoms with van der Waals surface area (Å²) in [6, 6.07) is 5.97. The standard InChI is InChI=1S/C14H17NO3/c1-2-12(16)10-5-6-15(8-10)11-3-4-13-14(7-11)18-9-17-13/h3-4,7,10H,2,5-6,8-9H2,1H3. The molecular weight excluding hydrogens is 230 g/mol. The summed E-state index contributed by atoms with van der Waals surface area (Å²) in [4.78, 5) is 14.0. The zero-order valence-electron chi connectivity index (χ0n) is 10.5. The summed E-state index contributed by atoms with van der Waals surface area (Å²) in [6.45, 7) is 4.00. The zero-order valence-corrected chi connectivity index (χ0v) is 10.5. The van der Waals surface area contributed by atoms with Gasteiger partial charge in [-0.2, -0.15) is 0 Å². The van der Waals surface area contributed by atoms with Crippen molar-refractivity contribution in [3.05, 3.63) is 18.2 Å². The van der Waals surface area contributed by atoms with E-state index in [1.54, 1.807) is 0 Å². The Morgan fingerprint density at radius 2 is 2.22 bits per heavy atom. The lowest BCUT2D eigenvalue weighted by atomic mass is 10.0. The molecule has 1 aromatic rings. The molecule has 0 spiro atoms. The molecule has 0 amide bonds. The SMILES string of the molecule is CCC(=O)C1CCN(c2ccc3c(c2)OCO3)C1. The number of fused-ring (bicyclic) bond motifs is 1. The highest BCUT2D eigenvalue weighted by Crippen LogP contribution is 2.36. The van der Waals surface area contributed by atoms with Crippen molar-refractivity contribution >= 4 is 11.5 Å². The topological polar surface area (TPSA) is 38.8 Å². The number of carbonyl (C=O) groups excluding carboxylic acids is 1. The second-order valence-corrected chi connectivity index (χ2v) is 4.79. The van der Waals surface area contributed by atoms with E-state index in [0.717, 1.165) is 36.7 Å². The van der Waals surface area contributed by atoms with Gasteiger partial charge >= 0.3 is 0 Å². The van der Waals surface area contributed by atoms with Crippen molar-refractivity contribution in [2.75, 3.05) is 24.8 Å². The molecule has 1 aromatic carbocycles. The van der Waals surface area contributed by atoms with Crippen LogP contribution in [0.2, 0.25) is 0 Å². The molecule has 1 saturated heterocycles. The van der Waals surface area contributed by atoms with Gasteiger partial charge in [-0.05, 0) is 18.6 Å². The predicted octanol–water partition coefficient (Wildman–Crippen LogP) is 2.22. The van der Waals surface area contributed by atoms with Crippen molar-refractivity contribution in [2.24, 2.45) is 5.92 Å². The largest absolute Gasteiger partial charge is 0.454 e. The molecule has 2 aliphatic heterocycles. The maximum absolute atomic E-state index is 11.7. The summed E-state index contributed by atoms with van der Waals surface area (Å²) in [6.07, 6.45) is 1.60. The van der Waals surface area contributed by atoms with Gasteiger partial charge in [0, 0.05) is 37.2 Å². The van der Waals surface area contributed by atoms with Gasteiger partial charge in [0.05, 0.1) is 0 Å². The number of carbonyl (C=O) groups is 1. The van der Waals surface area contributed by atoms with E-state index in [2.05, 4.69) is 4.90 Å². The van der Waals surface area contributed by atoms with Crippen molar-refractivity contribution < 1.29 is 14.3 Å². The van der Waals surface area contributed by atoms with E-state index in [0.29, 0.717) is 19.0 Å². The number of nitrogens with zero attached hydrogens (tertiary/aromatic N) is 1. The number of hydrogen-bond acceptors (Lipinski definition) is 4. The van der Waals surface area contributed by atoms with Gasteiger partial charge in [-0.25, -0.2) is 0 Å². The number of Topliss-reactive ketones (excluding diaryl/α,β-unsaturated/α-hetero) is 1. The number of benzene rings is 1. The molecule has 1 unspecified atom stereocenters. The fourth-order valence-electron chi connectivity index (χ4n) is 2.63. The Morgan fingerprint density at radius 1 is 1.39 bits per heavy atom. The average molecular weight is 247 g/mol. The van der Waals surface area contributed by atoms with Crippen molar-refractivity contribution in [1.82, 2.24) is 0 Å². The van der Waals surface area contributed by atoms with E-state index in [-0.39, 0.29) is 5.92 Å². The summed E-state index contributed by atoms with van der Waals surface area (Å²) in [7, 11) is 0. The van der Waals surface area contributed by atoms with Crippen LogP contribution in [0, 0.1) is 5.92 Å². The van der Waals surface area contributed by atoms with E-state index in [1.165, 1.54) is 0 Å². The van der Waals surface area contributed by atoms with E-state index >= 15 is 0 Å². The van der Waals surface area contributed by atoms with Crippen LogP contribution in [-0.2, 0) is 4.79 Å². The van der Waals surface area contributed by atoms with Crippen LogP contribution in [0.1, 0.15) is 19.8 Å². The van der Waals surface area contributed by atoms with Gasteiger partial charge < -0.3 is 14.4 Å². The number of ether oxygens (including phenoxy) is 2. The maximum atomic E-state index is 11.7. The normalized spacial score (nSPS) is 21.4. The molecule has 4 nitrogen and oxygen atoms in total. The third kappa shape index (κ3) is 1.92. The lowest BCUT2D eigenvalue weighted by Gasteiger charge is -2.18. The van der Waals surface area contributed by atoms with Crippen LogP contribution >= 0.6 is 0 Å². The van der Waals surface area contributed by atoms with Crippen molar-refractivity contribution in [2.45, 2.75) is 19.8 Å². The molecular formula is C14H17NO3. The van der Waals surface area contributed by atoms with Crippen LogP contribution in [0.25, 0.3) is 0 Å². The van der Waals surface area contributed by atoms with E-state index < -0.39 is 0 Å². The molecule has 2 aliphatic rings. The fraction of sp³-hybridized carbons (Fsp3) is 0.500. The Kier molecular flexibility index (Phi) is 2.86. The second kappa shape index (κ2) is 4.52. The molecule has 18 heavy (non-hydrogen) atoms. The number of hydrogen-bond donors (Lipinski definition) is 0. The van der Waals surface area contributed by atoms with Crippen LogP contribution in [0.3, 0.4) is 0 Å². The summed E-state index contributed by atoms with van der Waals surface area (Å²) < 4.78 is 10.7. The Hall–Kier alpha value is -1.71. The summed E-state index contributed by atoms with van der Waals surface area (Å²) >= 11 is 0. The number of anilines is 1. The third-order valence-electron chi connectivity index (χ3n) is 3.71. The zero-order chi connectivity index (χ0) is 12.5.